The summed E-state index contributed by atoms with van der Waals surface area (Å²) < 4.78 is 6.05. The van der Waals surface area contributed by atoms with Gasteiger partial charge in [-0.05, 0) is 53.0 Å². The van der Waals surface area contributed by atoms with Crippen molar-refractivity contribution in [3.05, 3.63) is 27.7 Å². The largest absolute Gasteiger partial charge is 0.496 e. The van der Waals surface area contributed by atoms with Crippen LogP contribution in [0.4, 0.5) is 0 Å². The van der Waals surface area contributed by atoms with Gasteiger partial charge in [-0.25, -0.2) is 0 Å². The molecule has 4 heteroatoms. The number of benzene rings is 1. The molecule has 1 aromatic rings. The second kappa shape index (κ2) is 5.49. The summed E-state index contributed by atoms with van der Waals surface area (Å²) >= 11 is 3.44. The fraction of sp³-hybridized carbons (Fsp3) is 0.455. The van der Waals surface area contributed by atoms with Crippen molar-refractivity contribution in [2.45, 2.75) is 19.4 Å². The van der Waals surface area contributed by atoms with E-state index in [1.54, 1.807) is 7.11 Å². The first-order valence-corrected chi connectivity index (χ1v) is 5.62. The van der Waals surface area contributed by atoms with E-state index in [0.717, 1.165) is 21.3 Å². The Morgan fingerprint density at radius 1 is 1.53 bits per heavy atom. The highest BCUT2D eigenvalue weighted by Gasteiger charge is 2.13. The zero-order chi connectivity index (χ0) is 11.4. The maximum atomic E-state index is 9.85. The molecule has 3 nitrogen and oxygen atoms in total. The molecule has 0 saturated carbocycles. The lowest BCUT2D eigenvalue weighted by Crippen LogP contribution is -2.08. The fourth-order valence-corrected chi connectivity index (χ4v) is 2.03. The summed E-state index contributed by atoms with van der Waals surface area (Å²) in [5.41, 5.74) is 7.31. The number of aliphatic hydroxyl groups excluding tert-OH is 1. The lowest BCUT2D eigenvalue weighted by molar-refractivity contribution is 0.169. The molecule has 0 spiro atoms. The number of ether oxygens (including phenoxy) is 1. The van der Waals surface area contributed by atoms with Crippen LogP contribution >= 0.6 is 15.9 Å². The standard InChI is InChI=1S/C11H16BrNO2/c1-7-8(9(14)5-6-13)3-4-10(15-2)11(7)12/h3-4,9,14H,5-6,13H2,1-2H3. The van der Waals surface area contributed by atoms with Crippen LogP contribution in [0.5, 0.6) is 5.75 Å². The molecule has 1 aromatic carbocycles. The number of aliphatic hydroxyl groups is 1. The molecule has 1 unspecified atom stereocenters. The monoisotopic (exact) mass is 273 g/mol. The number of rotatable bonds is 4. The van der Waals surface area contributed by atoms with Gasteiger partial charge in [-0.15, -0.1) is 0 Å². The number of nitrogens with two attached hydrogens (primary N) is 1. The van der Waals surface area contributed by atoms with Crippen LogP contribution in [0.2, 0.25) is 0 Å². The van der Waals surface area contributed by atoms with Gasteiger partial charge in [0.1, 0.15) is 5.75 Å². The van der Waals surface area contributed by atoms with E-state index in [0.29, 0.717) is 13.0 Å². The number of halogens is 1. The highest BCUT2D eigenvalue weighted by atomic mass is 79.9. The number of hydrogen-bond donors (Lipinski definition) is 2. The maximum absolute atomic E-state index is 9.85. The van der Waals surface area contributed by atoms with Crippen molar-refractivity contribution < 1.29 is 9.84 Å². The average molecular weight is 274 g/mol. The maximum Gasteiger partial charge on any atom is 0.133 e. The quantitative estimate of drug-likeness (QED) is 0.884. The fourth-order valence-electron chi connectivity index (χ4n) is 1.51. The number of hydrogen-bond acceptors (Lipinski definition) is 3. The van der Waals surface area contributed by atoms with Crippen molar-refractivity contribution in [2.24, 2.45) is 5.73 Å². The normalized spacial score (nSPS) is 12.6. The van der Waals surface area contributed by atoms with Crippen molar-refractivity contribution in [2.75, 3.05) is 13.7 Å². The molecule has 1 atom stereocenters. The van der Waals surface area contributed by atoms with Gasteiger partial charge in [-0.2, -0.15) is 0 Å². The van der Waals surface area contributed by atoms with Crippen LogP contribution in [0, 0.1) is 6.92 Å². The Balaban J connectivity index is 3.06. The summed E-state index contributed by atoms with van der Waals surface area (Å²) in [6, 6.07) is 3.71. The highest BCUT2D eigenvalue weighted by molar-refractivity contribution is 9.10. The summed E-state index contributed by atoms with van der Waals surface area (Å²) in [5.74, 6) is 0.774. The molecule has 0 aromatic heterocycles. The zero-order valence-corrected chi connectivity index (χ0v) is 10.5. The summed E-state index contributed by atoms with van der Waals surface area (Å²) in [4.78, 5) is 0. The van der Waals surface area contributed by atoms with Gasteiger partial charge in [-0.3, -0.25) is 0 Å². The van der Waals surface area contributed by atoms with Gasteiger partial charge in [0, 0.05) is 0 Å². The van der Waals surface area contributed by atoms with Crippen LogP contribution < -0.4 is 10.5 Å². The van der Waals surface area contributed by atoms with E-state index >= 15 is 0 Å². The molecule has 0 aliphatic carbocycles. The molecule has 3 N–H and O–H groups in total. The third kappa shape index (κ3) is 2.71. The van der Waals surface area contributed by atoms with Crippen LogP contribution in [0.3, 0.4) is 0 Å². The van der Waals surface area contributed by atoms with E-state index in [2.05, 4.69) is 15.9 Å². The van der Waals surface area contributed by atoms with Gasteiger partial charge in [0.05, 0.1) is 17.7 Å². The van der Waals surface area contributed by atoms with Crippen molar-refractivity contribution in [1.82, 2.24) is 0 Å². The SMILES string of the molecule is COc1ccc(C(O)CCN)c(C)c1Br. The Morgan fingerprint density at radius 2 is 2.20 bits per heavy atom. The molecule has 0 heterocycles. The molecule has 0 saturated heterocycles. The number of methoxy groups -OCH3 is 1. The molecule has 0 aliphatic heterocycles. The first-order valence-electron chi connectivity index (χ1n) is 4.83. The summed E-state index contributed by atoms with van der Waals surface area (Å²) in [6.07, 6.45) is 0.0665. The van der Waals surface area contributed by atoms with Crippen LogP contribution in [0.25, 0.3) is 0 Å². The first kappa shape index (κ1) is 12.5. The van der Waals surface area contributed by atoms with E-state index in [1.165, 1.54) is 0 Å². The molecule has 0 bridgehead atoms. The molecule has 0 aliphatic rings. The van der Waals surface area contributed by atoms with Crippen LogP contribution in [0.1, 0.15) is 23.7 Å². The lowest BCUT2D eigenvalue weighted by atomic mass is 10.0. The minimum absolute atomic E-state index is 0.476. The van der Waals surface area contributed by atoms with Crippen molar-refractivity contribution in [1.29, 1.82) is 0 Å². The molecular weight excluding hydrogens is 258 g/mol. The topological polar surface area (TPSA) is 55.5 Å². The Labute approximate surface area is 98.4 Å². The van der Waals surface area contributed by atoms with E-state index in [4.69, 9.17) is 10.5 Å². The predicted octanol–water partition coefficient (Wildman–Crippen LogP) is 2.15. The van der Waals surface area contributed by atoms with Crippen LogP contribution in [0.15, 0.2) is 16.6 Å². The van der Waals surface area contributed by atoms with Gasteiger partial charge >= 0.3 is 0 Å². The van der Waals surface area contributed by atoms with E-state index in [1.807, 2.05) is 19.1 Å². The van der Waals surface area contributed by atoms with E-state index < -0.39 is 6.10 Å². The second-order valence-electron chi connectivity index (χ2n) is 3.39. The Morgan fingerprint density at radius 3 is 2.73 bits per heavy atom. The van der Waals surface area contributed by atoms with Crippen LogP contribution in [-0.4, -0.2) is 18.8 Å². The van der Waals surface area contributed by atoms with Crippen molar-refractivity contribution in [3.8, 4) is 5.75 Å². The first-order chi connectivity index (χ1) is 7.11. The lowest BCUT2D eigenvalue weighted by Gasteiger charge is -2.15. The molecule has 0 amide bonds. The molecule has 15 heavy (non-hydrogen) atoms. The van der Waals surface area contributed by atoms with Gasteiger partial charge < -0.3 is 15.6 Å². The molecule has 0 fully saturated rings. The summed E-state index contributed by atoms with van der Waals surface area (Å²) in [5, 5.41) is 9.85. The predicted molar refractivity (Wildman–Crippen MR) is 64.1 cm³/mol. The Bertz CT molecular complexity index is 342. The van der Waals surface area contributed by atoms with Gasteiger partial charge in [-0.1, -0.05) is 6.07 Å². The Kier molecular flexibility index (Phi) is 4.57. The average Bonchev–Trinajstić information content (AvgIpc) is 2.22. The summed E-state index contributed by atoms with van der Waals surface area (Å²) in [7, 11) is 1.62. The third-order valence-electron chi connectivity index (χ3n) is 2.41. The van der Waals surface area contributed by atoms with Gasteiger partial charge in [0.25, 0.3) is 0 Å². The van der Waals surface area contributed by atoms with E-state index in [9.17, 15) is 5.11 Å². The second-order valence-corrected chi connectivity index (χ2v) is 4.18. The highest BCUT2D eigenvalue weighted by Crippen LogP contribution is 2.33. The minimum atomic E-state index is -0.503. The molecular formula is C11H16BrNO2. The smallest absolute Gasteiger partial charge is 0.133 e. The molecule has 0 radical (unpaired) electrons. The molecule has 1 rings (SSSR count). The van der Waals surface area contributed by atoms with Crippen molar-refractivity contribution >= 4 is 15.9 Å². The Hall–Kier alpha value is -0.580. The van der Waals surface area contributed by atoms with Crippen molar-refractivity contribution in [3.63, 3.8) is 0 Å². The van der Waals surface area contributed by atoms with E-state index in [-0.39, 0.29) is 0 Å². The summed E-state index contributed by atoms with van der Waals surface area (Å²) in [6.45, 7) is 2.42. The van der Waals surface area contributed by atoms with Gasteiger partial charge in [0.15, 0.2) is 0 Å². The zero-order valence-electron chi connectivity index (χ0n) is 8.96. The van der Waals surface area contributed by atoms with Gasteiger partial charge in [0.2, 0.25) is 0 Å². The third-order valence-corrected chi connectivity index (χ3v) is 3.40. The minimum Gasteiger partial charge on any atom is -0.496 e. The molecule has 84 valence electrons. The van der Waals surface area contributed by atoms with Crippen LogP contribution in [-0.2, 0) is 0 Å².